The molecule has 1 fully saturated rings. The molecule has 226 valence electrons. The molecule has 4 aromatic rings. The lowest BCUT2D eigenvalue weighted by atomic mass is 9.90. The van der Waals surface area contributed by atoms with Crippen molar-refractivity contribution in [2.75, 3.05) is 46.3 Å². The summed E-state index contributed by atoms with van der Waals surface area (Å²) in [7, 11) is 2.10. The number of aromatic hydroxyl groups is 2. The number of piperazine rings is 1. The van der Waals surface area contributed by atoms with Gasteiger partial charge in [0, 0.05) is 56.8 Å². The number of carbonyl (C=O) groups is 3. The van der Waals surface area contributed by atoms with Crippen molar-refractivity contribution in [1.29, 1.82) is 0 Å². The fourth-order valence-electron chi connectivity index (χ4n) is 5.38. The molecular weight excluding hydrogens is 550 g/mol. The maximum absolute atomic E-state index is 11.9. The van der Waals surface area contributed by atoms with E-state index in [1.54, 1.807) is 48.5 Å². The first-order valence-electron chi connectivity index (χ1n) is 14.2. The van der Waals surface area contributed by atoms with Crippen molar-refractivity contribution >= 4 is 39.5 Å². The maximum Gasteiger partial charge on any atom is 0.339 e. The number of benzene rings is 4. The van der Waals surface area contributed by atoms with Crippen molar-refractivity contribution in [3.05, 3.63) is 82.9 Å². The van der Waals surface area contributed by atoms with Crippen LogP contribution in [0, 0.1) is 0 Å². The van der Waals surface area contributed by atoms with E-state index in [0.717, 1.165) is 39.3 Å². The molecule has 1 aliphatic heterocycles. The number of hydrogen-bond acceptors (Lipinski definition) is 6. The molecule has 2 amide bonds. The van der Waals surface area contributed by atoms with Crippen LogP contribution in [0.3, 0.4) is 0 Å². The Morgan fingerprint density at radius 3 is 1.53 bits per heavy atom. The summed E-state index contributed by atoms with van der Waals surface area (Å²) in [6.07, 6.45) is -0.0407. The third kappa shape index (κ3) is 6.65. The molecular formula is C33H37N3O7. The lowest BCUT2D eigenvalue weighted by Gasteiger charge is -2.35. The Labute approximate surface area is 250 Å². The summed E-state index contributed by atoms with van der Waals surface area (Å²) in [6, 6.07) is 17.0. The summed E-state index contributed by atoms with van der Waals surface area (Å²) >= 11 is 0. The second-order valence-electron chi connectivity index (χ2n) is 10.5. The Morgan fingerprint density at radius 2 is 1.14 bits per heavy atom. The lowest BCUT2D eigenvalue weighted by Crippen LogP contribution is -2.51. The SMILES string of the molecule is CCN(CC)C(=O)N1CCN(C)CC1.O=C(O)c1cc2ccccc2c(Cc2c(O)c(C(=O)O)cc3ccccc23)c1O. The molecule has 0 aromatic heterocycles. The predicted molar refractivity (Wildman–Crippen MR) is 165 cm³/mol. The average Bonchev–Trinajstić information content (AvgIpc) is 3.00. The number of nitrogens with zero attached hydrogens (tertiary/aromatic N) is 3. The van der Waals surface area contributed by atoms with Crippen LogP contribution in [-0.4, -0.2) is 99.4 Å². The van der Waals surface area contributed by atoms with Gasteiger partial charge in [0.2, 0.25) is 0 Å². The predicted octanol–water partition coefficient (Wildman–Crippen LogP) is 5.09. The molecule has 10 heteroatoms. The molecule has 1 heterocycles. The zero-order valence-electron chi connectivity index (χ0n) is 24.6. The van der Waals surface area contributed by atoms with Gasteiger partial charge in [-0.15, -0.1) is 0 Å². The number of rotatable bonds is 6. The zero-order chi connectivity index (χ0) is 31.3. The third-order valence-electron chi connectivity index (χ3n) is 7.88. The second kappa shape index (κ2) is 13.4. The van der Waals surface area contributed by atoms with E-state index in [4.69, 9.17) is 0 Å². The largest absolute Gasteiger partial charge is 0.507 e. The van der Waals surface area contributed by atoms with Gasteiger partial charge in [-0.1, -0.05) is 48.5 Å². The van der Waals surface area contributed by atoms with Crippen LogP contribution in [-0.2, 0) is 6.42 Å². The van der Waals surface area contributed by atoms with E-state index in [-0.39, 0.29) is 23.6 Å². The molecule has 0 bridgehead atoms. The van der Waals surface area contributed by atoms with Gasteiger partial charge < -0.3 is 35.1 Å². The quantitative estimate of drug-likeness (QED) is 0.245. The highest BCUT2D eigenvalue weighted by Crippen LogP contribution is 2.38. The summed E-state index contributed by atoms with van der Waals surface area (Å²) in [5.74, 6) is -3.36. The van der Waals surface area contributed by atoms with Gasteiger partial charge in [0.15, 0.2) is 0 Å². The highest BCUT2D eigenvalue weighted by molar-refractivity contribution is 6.02. The molecule has 5 rings (SSSR count). The number of fused-ring (bicyclic) bond motifs is 2. The third-order valence-corrected chi connectivity index (χ3v) is 7.88. The molecule has 0 unspecified atom stereocenters. The summed E-state index contributed by atoms with van der Waals surface area (Å²) in [5.41, 5.74) is 0.112. The topological polar surface area (TPSA) is 142 Å². The minimum absolute atomic E-state index is 0.0407. The number of hydrogen-bond donors (Lipinski definition) is 4. The van der Waals surface area contributed by atoms with Crippen LogP contribution in [0.5, 0.6) is 11.5 Å². The fraction of sp³-hybridized carbons (Fsp3) is 0.303. The molecule has 0 atom stereocenters. The number of amides is 2. The zero-order valence-corrected chi connectivity index (χ0v) is 24.6. The lowest BCUT2D eigenvalue weighted by molar-refractivity contribution is 0.0682. The van der Waals surface area contributed by atoms with Crippen LogP contribution in [0.2, 0.25) is 0 Å². The van der Waals surface area contributed by atoms with E-state index in [1.165, 1.54) is 12.1 Å². The van der Waals surface area contributed by atoms with Gasteiger partial charge in [0.1, 0.15) is 22.6 Å². The van der Waals surface area contributed by atoms with Crippen molar-refractivity contribution in [3.63, 3.8) is 0 Å². The first kappa shape index (κ1) is 31.1. The van der Waals surface area contributed by atoms with Crippen molar-refractivity contribution < 1.29 is 34.8 Å². The van der Waals surface area contributed by atoms with Crippen molar-refractivity contribution in [3.8, 4) is 11.5 Å². The molecule has 0 saturated carbocycles. The standard InChI is InChI=1S/C23H16O6.C10H21N3O/c24-20-16(14-7-3-1-5-12(14)9-18(20)22(26)27)11-17-15-8-4-2-6-13(15)10-19(21(17)25)23(28)29;1-4-12(5-2)10(14)13-8-6-11(3)7-9-13/h1-10,24-25H,11H2,(H,26,27)(H,28,29);4-9H2,1-3H3. The van der Waals surface area contributed by atoms with E-state index >= 15 is 0 Å². The Bertz CT molecular complexity index is 1560. The second-order valence-corrected chi connectivity index (χ2v) is 10.5. The highest BCUT2D eigenvalue weighted by Gasteiger charge is 2.23. The van der Waals surface area contributed by atoms with Gasteiger partial charge in [-0.05, 0) is 54.6 Å². The molecule has 43 heavy (non-hydrogen) atoms. The van der Waals surface area contributed by atoms with E-state index in [9.17, 15) is 34.8 Å². The molecule has 0 spiro atoms. The normalized spacial score (nSPS) is 13.4. The van der Waals surface area contributed by atoms with Crippen LogP contribution >= 0.6 is 0 Å². The van der Waals surface area contributed by atoms with E-state index in [0.29, 0.717) is 32.7 Å². The number of urea groups is 1. The summed E-state index contributed by atoms with van der Waals surface area (Å²) in [4.78, 5) is 41.2. The first-order chi connectivity index (χ1) is 20.6. The van der Waals surface area contributed by atoms with Gasteiger partial charge in [-0.25, -0.2) is 14.4 Å². The van der Waals surface area contributed by atoms with E-state index in [2.05, 4.69) is 11.9 Å². The van der Waals surface area contributed by atoms with Crippen LogP contribution < -0.4 is 0 Å². The molecule has 0 radical (unpaired) electrons. The summed E-state index contributed by atoms with van der Waals surface area (Å²) in [5, 5.41) is 42.8. The molecule has 1 saturated heterocycles. The Morgan fingerprint density at radius 1 is 0.721 bits per heavy atom. The van der Waals surface area contributed by atoms with Gasteiger partial charge in [-0.3, -0.25) is 0 Å². The van der Waals surface area contributed by atoms with Crippen LogP contribution in [0.15, 0.2) is 60.7 Å². The monoisotopic (exact) mass is 587 g/mol. The number of carboxylic acid groups (broad SMARTS) is 2. The molecule has 10 nitrogen and oxygen atoms in total. The van der Waals surface area contributed by atoms with Crippen LogP contribution in [0.4, 0.5) is 4.79 Å². The number of carboxylic acids is 2. The van der Waals surface area contributed by atoms with Gasteiger partial charge in [0.25, 0.3) is 0 Å². The Balaban J connectivity index is 0.000000255. The van der Waals surface area contributed by atoms with Gasteiger partial charge >= 0.3 is 18.0 Å². The van der Waals surface area contributed by atoms with E-state index < -0.39 is 23.4 Å². The van der Waals surface area contributed by atoms with Gasteiger partial charge in [-0.2, -0.15) is 0 Å². The molecule has 0 aliphatic carbocycles. The highest BCUT2D eigenvalue weighted by atomic mass is 16.4. The van der Waals surface area contributed by atoms with Crippen LogP contribution in [0.25, 0.3) is 21.5 Å². The van der Waals surface area contributed by atoms with Crippen molar-refractivity contribution in [2.24, 2.45) is 0 Å². The number of aromatic carboxylic acids is 2. The molecule has 4 N–H and O–H groups in total. The minimum Gasteiger partial charge on any atom is -0.507 e. The Hall–Kier alpha value is -4.83. The van der Waals surface area contributed by atoms with Gasteiger partial charge in [0.05, 0.1) is 0 Å². The smallest absolute Gasteiger partial charge is 0.339 e. The summed E-state index contributed by atoms with van der Waals surface area (Å²) < 4.78 is 0. The van der Waals surface area contributed by atoms with E-state index in [1.807, 2.05) is 23.6 Å². The first-order valence-corrected chi connectivity index (χ1v) is 14.2. The van der Waals surface area contributed by atoms with Crippen molar-refractivity contribution in [2.45, 2.75) is 20.3 Å². The number of carbonyl (C=O) groups excluding carboxylic acids is 1. The van der Waals surface area contributed by atoms with Crippen molar-refractivity contribution in [1.82, 2.24) is 14.7 Å². The summed E-state index contributed by atoms with van der Waals surface area (Å²) in [6.45, 7) is 9.38. The molecule has 1 aliphatic rings. The Kier molecular flexibility index (Phi) is 9.72. The minimum atomic E-state index is -1.28. The maximum atomic E-state index is 11.9. The average molecular weight is 588 g/mol. The number of phenols is 2. The van der Waals surface area contributed by atoms with Crippen LogP contribution in [0.1, 0.15) is 45.7 Å². The number of likely N-dealkylation sites (N-methyl/N-ethyl adjacent to an activating group) is 1. The fourth-order valence-corrected chi connectivity index (χ4v) is 5.38. The molecule has 4 aromatic carbocycles.